The Morgan fingerprint density at radius 2 is 1.53 bits per heavy atom. The Morgan fingerprint density at radius 1 is 1.07 bits per heavy atom. The third kappa shape index (κ3) is 2.93. The summed E-state index contributed by atoms with van der Waals surface area (Å²) in [7, 11) is 2.30. The zero-order valence-corrected chi connectivity index (χ0v) is 11.2. The number of amides is 1. The highest BCUT2D eigenvalue weighted by Crippen LogP contribution is 2.05. The SMILES string of the molecule is CN(C)C(=O)c1ccc([Si](C)(C)C)cc1. The van der Waals surface area contributed by atoms with Crippen LogP contribution in [0.3, 0.4) is 0 Å². The first-order chi connectivity index (χ1) is 6.82. The molecule has 0 spiro atoms. The van der Waals surface area contributed by atoms with Crippen LogP contribution in [-0.2, 0) is 0 Å². The lowest BCUT2D eigenvalue weighted by Crippen LogP contribution is -2.37. The molecule has 0 aliphatic heterocycles. The van der Waals surface area contributed by atoms with E-state index in [2.05, 4.69) is 31.8 Å². The van der Waals surface area contributed by atoms with E-state index < -0.39 is 8.07 Å². The molecule has 1 amide bonds. The largest absolute Gasteiger partial charge is 0.345 e. The maximum absolute atomic E-state index is 11.6. The van der Waals surface area contributed by atoms with Gasteiger partial charge in [-0.25, -0.2) is 0 Å². The molecule has 0 aliphatic rings. The molecular formula is C12H19NOSi. The molecule has 1 aromatic carbocycles. The summed E-state index contributed by atoms with van der Waals surface area (Å²) in [5.41, 5.74) is 0.766. The Bertz CT molecular complexity index is 349. The van der Waals surface area contributed by atoms with Crippen LogP contribution in [0.25, 0.3) is 0 Å². The van der Waals surface area contributed by atoms with Crippen LogP contribution in [0.4, 0.5) is 0 Å². The van der Waals surface area contributed by atoms with Crippen molar-refractivity contribution in [3.63, 3.8) is 0 Å². The smallest absolute Gasteiger partial charge is 0.253 e. The predicted molar refractivity (Wildman–Crippen MR) is 67.4 cm³/mol. The van der Waals surface area contributed by atoms with Gasteiger partial charge in [0, 0.05) is 19.7 Å². The molecule has 0 heterocycles. The van der Waals surface area contributed by atoms with E-state index in [0.29, 0.717) is 0 Å². The molecule has 0 atom stereocenters. The van der Waals surface area contributed by atoms with Crippen LogP contribution in [-0.4, -0.2) is 33.0 Å². The number of benzene rings is 1. The highest BCUT2D eigenvalue weighted by Gasteiger charge is 2.16. The minimum atomic E-state index is -1.24. The zero-order valence-electron chi connectivity index (χ0n) is 10.2. The maximum Gasteiger partial charge on any atom is 0.253 e. The zero-order chi connectivity index (χ0) is 11.6. The second-order valence-corrected chi connectivity index (χ2v) is 10.1. The number of rotatable bonds is 2. The Morgan fingerprint density at radius 3 is 1.87 bits per heavy atom. The Hall–Kier alpha value is -1.09. The number of hydrogen-bond acceptors (Lipinski definition) is 1. The van der Waals surface area contributed by atoms with Crippen LogP contribution < -0.4 is 5.19 Å². The van der Waals surface area contributed by atoms with Gasteiger partial charge in [-0.3, -0.25) is 4.79 Å². The van der Waals surface area contributed by atoms with Crippen LogP contribution in [0.1, 0.15) is 10.4 Å². The molecule has 0 radical (unpaired) electrons. The molecule has 0 fully saturated rings. The van der Waals surface area contributed by atoms with Crippen molar-refractivity contribution in [1.29, 1.82) is 0 Å². The minimum absolute atomic E-state index is 0.0668. The molecule has 0 aliphatic carbocycles. The summed E-state index contributed by atoms with van der Waals surface area (Å²) in [6, 6.07) is 8.03. The fraction of sp³-hybridized carbons (Fsp3) is 0.417. The molecule has 0 aromatic heterocycles. The summed E-state index contributed by atoms with van der Waals surface area (Å²) in [6.45, 7) is 6.90. The highest BCUT2D eigenvalue weighted by molar-refractivity contribution is 6.88. The second-order valence-electron chi connectivity index (χ2n) is 5.03. The molecule has 82 valence electrons. The summed E-state index contributed by atoms with van der Waals surface area (Å²) in [4.78, 5) is 13.2. The van der Waals surface area contributed by atoms with E-state index in [1.54, 1.807) is 19.0 Å². The lowest BCUT2D eigenvalue weighted by atomic mass is 10.2. The van der Waals surface area contributed by atoms with E-state index in [9.17, 15) is 4.79 Å². The van der Waals surface area contributed by atoms with Gasteiger partial charge in [-0.05, 0) is 12.1 Å². The number of nitrogens with zero attached hydrogens (tertiary/aromatic N) is 1. The molecule has 1 rings (SSSR count). The maximum atomic E-state index is 11.6. The molecule has 2 nitrogen and oxygen atoms in total. The van der Waals surface area contributed by atoms with Crippen molar-refractivity contribution in [2.24, 2.45) is 0 Å². The van der Waals surface area contributed by atoms with Crippen LogP contribution in [0.5, 0.6) is 0 Å². The van der Waals surface area contributed by atoms with Gasteiger partial charge in [0.05, 0.1) is 8.07 Å². The van der Waals surface area contributed by atoms with E-state index in [1.807, 2.05) is 12.1 Å². The Labute approximate surface area is 92.9 Å². The minimum Gasteiger partial charge on any atom is -0.345 e. The summed E-state index contributed by atoms with van der Waals surface area (Å²) >= 11 is 0. The Balaban J connectivity index is 2.96. The van der Waals surface area contributed by atoms with Crippen molar-refractivity contribution in [3.05, 3.63) is 29.8 Å². The van der Waals surface area contributed by atoms with Crippen LogP contribution in [0.2, 0.25) is 19.6 Å². The van der Waals surface area contributed by atoms with Gasteiger partial charge in [-0.1, -0.05) is 37.0 Å². The average Bonchev–Trinajstić information content (AvgIpc) is 2.15. The first-order valence-corrected chi connectivity index (χ1v) is 8.64. The first-order valence-electron chi connectivity index (χ1n) is 5.14. The number of carbonyl (C=O) groups excluding carboxylic acids is 1. The molecule has 0 saturated carbocycles. The van der Waals surface area contributed by atoms with E-state index in [0.717, 1.165) is 5.56 Å². The molecular weight excluding hydrogens is 202 g/mol. The predicted octanol–water partition coefficient (Wildman–Crippen LogP) is 1.93. The van der Waals surface area contributed by atoms with Crippen molar-refractivity contribution in [3.8, 4) is 0 Å². The van der Waals surface area contributed by atoms with Crippen molar-refractivity contribution in [2.75, 3.05) is 14.1 Å². The molecule has 0 unspecified atom stereocenters. The van der Waals surface area contributed by atoms with Gasteiger partial charge in [0.2, 0.25) is 0 Å². The van der Waals surface area contributed by atoms with Crippen LogP contribution >= 0.6 is 0 Å². The van der Waals surface area contributed by atoms with E-state index in [4.69, 9.17) is 0 Å². The molecule has 0 bridgehead atoms. The lowest BCUT2D eigenvalue weighted by molar-refractivity contribution is 0.0827. The summed E-state index contributed by atoms with van der Waals surface area (Å²) in [6.07, 6.45) is 0. The molecule has 3 heteroatoms. The van der Waals surface area contributed by atoms with Gasteiger partial charge in [-0.2, -0.15) is 0 Å². The second kappa shape index (κ2) is 4.19. The number of carbonyl (C=O) groups is 1. The van der Waals surface area contributed by atoms with Gasteiger partial charge in [0.25, 0.3) is 5.91 Å². The van der Waals surface area contributed by atoms with Crippen molar-refractivity contribution in [2.45, 2.75) is 19.6 Å². The highest BCUT2D eigenvalue weighted by atomic mass is 28.3. The molecule has 15 heavy (non-hydrogen) atoms. The van der Waals surface area contributed by atoms with Crippen LogP contribution in [0.15, 0.2) is 24.3 Å². The molecule has 1 aromatic rings. The first kappa shape index (κ1) is 12.0. The van der Waals surface area contributed by atoms with E-state index in [-0.39, 0.29) is 5.91 Å². The summed E-state index contributed by atoms with van der Waals surface area (Å²) in [5, 5.41) is 1.39. The van der Waals surface area contributed by atoms with Gasteiger partial charge in [0.1, 0.15) is 0 Å². The number of hydrogen-bond donors (Lipinski definition) is 0. The fourth-order valence-corrected chi connectivity index (χ4v) is 2.54. The van der Waals surface area contributed by atoms with Crippen molar-refractivity contribution < 1.29 is 4.79 Å². The summed E-state index contributed by atoms with van der Waals surface area (Å²) in [5.74, 6) is 0.0668. The third-order valence-electron chi connectivity index (χ3n) is 2.40. The van der Waals surface area contributed by atoms with Crippen LogP contribution in [0, 0.1) is 0 Å². The van der Waals surface area contributed by atoms with Gasteiger partial charge in [-0.15, -0.1) is 0 Å². The third-order valence-corrected chi connectivity index (χ3v) is 4.47. The van der Waals surface area contributed by atoms with E-state index >= 15 is 0 Å². The fourth-order valence-electron chi connectivity index (χ4n) is 1.37. The monoisotopic (exact) mass is 221 g/mol. The lowest BCUT2D eigenvalue weighted by Gasteiger charge is -2.17. The summed E-state index contributed by atoms with van der Waals surface area (Å²) < 4.78 is 0. The van der Waals surface area contributed by atoms with Gasteiger partial charge >= 0.3 is 0 Å². The molecule has 0 N–H and O–H groups in total. The Kier molecular flexibility index (Phi) is 3.34. The van der Waals surface area contributed by atoms with Crippen molar-refractivity contribution in [1.82, 2.24) is 4.90 Å². The average molecular weight is 221 g/mol. The topological polar surface area (TPSA) is 20.3 Å². The van der Waals surface area contributed by atoms with Gasteiger partial charge in [0.15, 0.2) is 0 Å². The van der Waals surface area contributed by atoms with Crippen molar-refractivity contribution >= 4 is 19.2 Å². The van der Waals surface area contributed by atoms with E-state index in [1.165, 1.54) is 5.19 Å². The standard InChI is InChI=1S/C12H19NOSi/c1-13(2)12(14)10-6-8-11(9-7-10)15(3,4)5/h6-9H,1-5H3. The molecule has 0 saturated heterocycles. The quantitative estimate of drug-likeness (QED) is 0.699. The normalized spacial score (nSPS) is 11.3. The van der Waals surface area contributed by atoms with Gasteiger partial charge < -0.3 is 4.90 Å².